The lowest BCUT2D eigenvalue weighted by Crippen LogP contribution is -2.41. The van der Waals surface area contributed by atoms with Crippen LogP contribution < -0.4 is 11.1 Å². The normalized spacial score (nSPS) is 19.5. The lowest BCUT2D eigenvalue weighted by atomic mass is 9.99. The van der Waals surface area contributed by atoms with E-state index in [9.17, 15) is 9.90 Å². The van der Waals surface area contributed by atoms with Gasteiger partial charge in [0.1, 0.15) is 0 Å². The number of rotatable bonds is 4. The van der Waals surface area contributed by atoms with Crippen molar-refractivity contribution in [3.8, 4) is 0 Å². The third kappa shape index (κ3) is 4.48. The zero-order valence-electron chi connectivity index (χ0n) is 11.6. The molecule has 1 fully saturated rings. The van der Waals surface area contributed by atoms with Gasteiger partial charge in [-0.2, -0.15) is 0 Å². The van der Waals surface area contributed by atoms with Gasteiger partial charge in [-0.05, 0) is 37.4 Å². The van der Waals surface area contributed by atoms with Gasteiger partial charge in [0.15, 0.2) is 0 Å². The number of benzene rings is 1. The van der Waals surface area contributed by atoms with Crippen LogP contribution >= 0.6 is 23.2 Å². The molecule has 0 saturated carbocycles. The maximum Gasteiger partial charge on any atom is 0.238 e. The molecule has 1 aromatic carbocycles. The van der Waals surface area contributed by atoms with Crippen molar-refractivity contribution in [2.75, 3.05) is 37.3 Å². The van der Waals surface area contributed by atoms with Crippen LogP contribution in [-0.2, 0) is 4.79 Å². The Morgan fingerprint density at radius 2 is 2.10 bits per heavy atom. The number of halogens is 2. The summed E-state index contributed by atoms with van der Waals surface area (Å²) in [5.74, 6) is 0.0670. The molecule has 2 rings (SSSR count). The van der Waals surface area contributed by atoms with E-state index in [1.165, 1.54) is 0 Å². The summed E-state index contributed by atoms with van der Waals surface area (Å²) in [5.41, 5.74) is 6.46. The molecule has 0 radical (unpaired) electrons. The number of nitrogens with zero attached hydrogens (tertiary/aromatic N) is 1. The number of nitrogen functional groups attached to an aromatic ring is 1. The summed E-state index contributed by atoms with van der Waals surface area (Å²) in [6, 6.07) is 3.09. The molecule has 1 amide bonds. The number of carbonyl (C=O) groups is 1. The fraction of sp³-hybridized carbons (Fsp3) is 0.500. The van der Waals surface area contributed by atoms with E-state index in [0.29, 0.717) is 21.4 Å². The van der Waals surface area contributed by atoms with E-state index in [2.05, 4.69) is 5.32 Å². The van der Waals surface area contributed by atoms with E-state index >= 15 is 0 Å². The minimum Gasteiger partial charge on any atom is -0.399 e. The zero-order valence-corrected chi connectivity index (χ0v) is 13.1. The summed E-state index contributed by atoms with van der Waals surface area (Å²) >= 11 is 12.1. The third-order valence-electron chi connectivity index (χ3n) is 3.56. The highest BCUT2D eigenvalue weighted by Gasteiger charge is 2.21. The van der Waals surface area contributed by atoms with Gasteiger partial charge < -0.3 is 16.2 Å². The van der Waals surface area contributed by atoms with Crippen LogP contribution in [0.5, 0.6) is 0 Å². The fourth-order valence-electron chi connectivity index (χ4n) is 2.54. The summed E-state index contributed by atoms with van der Waals surface area (Å²) in [4.78, 5) is 14.1. The molecular formula is C14H19Cl2N3O2. The van der Waals surface area contributed by atoms with Gasteiger partial charge in [0, 0.05) is 18.8 Å². The highest BCUT2D eigenvalue weighted by molar-refractivity contribution is 6.40. The van der Waals surface area contributed by atoms with Crippen LogP contribution in [0.4, 0.5) is 11.4 Å². The Balaban J connectivity index is 1.96. The molecule has 1 aliphatic rings. The summed E-state index contributed by atoms with van der Waals surface area (Å²) in [6.07, 6.45) is 1.99. The van der Waals surface area contributed by atoms with Gasteiger partial charge in [0.2, 0.25) is 5.91 Å². The minimum atomic E-state index is -0.179. The van der Waals surface area contributed by atoms with E-state index in [1.54, 1.807) is 12.1 Å². The molecular weight excluding hydrogens is 313 g/mol. The third-order valence-corrected chi connectivity index (χ3v) is 4.15. The van der Waals surface area contributed by atoms with Crippen molar-refractivity contribution in [3.05, 3.63) is 22.2 Å². The van der Waals surface area contributed by atoms with Crippen LogP contribution in [0, 0.1) is 5.92 Å². The Kier molecular flexibility index (Phi) is 5.70. The van der Waals surface area contributed by atoms with E-state index in [1.807, 2.05) is 4.90 Å². The molecule has 116 valence electrons. The van der Waals surface area contributed by atoms with Crippen molar-refractivity contribution in [2.45, 2.75) is 12.8 Å². The molecule has 4 N–H and O–H groups in total. The number of likely N-dealkylation sites (tertiary alicyclic amines) is 1. The summed E-state index contributed by atoms with van der Waals surface area (Å²) in [7, 11) is 0. The number of amides is 1. The lowest BCUT2D eigenvalue weighted by molar-refractivity contribution is -0.117. The second-order valence-corrected chi connectivity index (χ2v) is 6.15. The second-order valence-electron chi connectivity index (χ2n) is 5.33. The van der Waals surface area contributed by atoms with Gasteiger partial charge in [-0.3, -0.25) is 9.69 Å². The summed E-state index contributed by atoms with van der Waals surface area (Å²) < 4.78 is 0. The quantitative estimate of drug-likeness (QED) is 0.739. The standard InChI is InChI=1S/C14H19Cl2N3O2/c15-11-4-10(17)5-12(16)14(11)18-13(21)7-19-3-1-2-9(6-19)8-20/h4-5,9,20H,1-3,6-8,17H2,(H,18,21). The number of piperidine rings is 1. The van der Waals surface area contributed by atoms with Crippen LogP contribution in [0.3, 0.4) is 0 Å². The predicted molar refractivity (Wildman–Crippen MR) is 85.8 cm³/mol. The predicted octanol–water partition coefficient (Wildman–Crippen LogP) is 2.22. The molecule has 0 aliphatic carbocycles. The van der Waals surface area contributed by atoms with Gasteiger partial charge in [0.05, 0.1) is 22.3 Å². The average molecular weight is 332 g/mol. The minimum absolute atomic E-state index is 0.160. The Labute approximate surface area is 134 Å². The summed E-state index contributed by atoms with van der Waals surface area (Å²) in [6.45, 7) is 2.00. The van der Waals surface area contributed by atoms with Gasteiger partial charge >= 0.3 is 0 Å². The Bertz CT molecular complexity index is 502. The van der Waals surface area contributed by atoms with Crippen LogP contribution in [0.15, 0.2) is 12.1 Å². The second kappa shape index (κ2) is 7.31. The van der Waals surface area contributed by atoms with Crippen LogP contribution in [0.25, 0.3) is 0 Å². The molecule has 0 bridgehead atoms. The molecule has 1 atom stereocenters. The molecule has 1 aliphatic heterocycles. The first-order valence-corrected chi connectivity index (χ1v) is 7.62. The number of anilines is 2. The highest BCUT2D eigenvalue weighted by atomic mass is 35.5. The Hall–Kier alpha value is -1.01. The highest BCUT2D eigenvalue weighted by Crippen LogP contribution is 2.32. The van der Waals surface area contributed by atoms with Gasteiger partial charge in [0.25, 0.3) is 0 Å². The van der Waals surface area contributed by atoms with E-state index in [-0.39, 0.29) is 25.0 Å². The number of aliphatic hydroxyl groups is 1. The molecule has 1 heterocycles. The first-order valence-electron chi connectivity index (χ1n) is 6.87. The first-order chi connectivity index (χ1) is 9.99. The van der Waals surface area contributed by atoms with E-state index < -0.39 is 0 Å². The SMILES string of the molecule is Nc1cc(Cl)c(NC(=O)CN2CCCC(CO)C2)c(Cl)c1. The van der Waals surface area contributed by atoms with Crippen molar-refractivity contribution < 1.29 is 9.90 Å². The molecule has 5 nitrogen and oxygen atoms in total. The van der Waals surface area contributed by atoms with E-state index in [4.69, 9.17) is 28.9 Å². The fourth-order valence-corrected chi connectivity index (χ4v) is 3.14. The average Bonchev–Trinajstić information content (AvgIpc) is 2.43. The van der Waals surface area contributed by atoms with Crippen LogP contribution in [0.2, 0.25) is 10.0 Å². The molecule has 0 aromatic heterocycles. The Morgan fingerprint density at radius 1 is 1.43 bits per heavy atom. The largest absolute Gasteiger partial charge is 0.399 e. The molecule has 21 heavy (non-hydrogen) atoms. The van der Waals surface area contributed by atoms with Gasteiger partial charge in [-0.25, -0.2) is 0 Å². The maximum atomic E-state index is 12.1. The smallest absolute Gasteiger partial charge is 0.238 e. The number of hydrogen-bond donors (Lipinski definition) is 3. The van der Waals surface area contributed by atoms with Crippen LogP contribution in [0.1, 0.15) is 12.8 Å². The molecule has 7 heteroatoms. The van der Waals surface area contributed by atoms with Gasteiger partial charge in [-0.15, -0.1) is 0 Å². The van der Waals surface area contributed by atoms with Crippen molar-refractivity contribution in [2.24, 2.45) is 5.92 Å². The first kappa shape index (κ1) is 16.4. The van der Waals surface area contributed by atoms with Crippen molar-refractivity contribution in [3.63, 3.8) is 0 Å². The lowest BCUT2D eigenvalue weighted by Gasteiger charge is -2.31. The number of hydrogen-bond acceptors (Lipinski definition) is 4. The number of nitrogens with one attached hydrogen (secondary N) is 1. The van der Waals surface area contributed by atoms with Gasteiger partial charge in [-0.1, -0.05) is 23.2 Å². The van der Waals surface area contributed by atoms with Crippen LogP contribution in [-0.4, -0.2) is 42.2 Å². The van der Waals surface area contributed by atoms with Crippen molar-refractivity contribution in [1.82, 2.24) is 4.90 Å². The van der Waals surface area contributed by atoms with Crippen molar-refractivity contribution >= 4 is 40.5 Å². The van der Waals surface area contributed by atoms with E-state index in [0.717, 1.165) is 25.9 Å². The number of aliphatic hydroxyl groups excluding tert-OH is 1. The Morgan fingerprint density at radius 3 is 2.71 bits per heavy atom. The summed E-state index contributed by atoms with van der Waals surface area (Å²) in [5, 5.41) is 12.6. The molecule has 1 saturated heterocycles. The number of carbonyl (C=O) groups excluding carboxylic acids is 1. The zero-order chi connectivity index (χ0) is 15.4. The molecule has 0 spiro atoms. The monoisotopic (exact) mass is 331 g/mol. The maximum absolute atomic E-state index is 12.1. The van der Waals surface area contributed by atoms with Crippen molar-refractivity contribution in [1.29, 1.82) is 0 Å². The molecule has 1 unspecified atom stereocenters. The molecule has 1 aromatic rings. The topological polar surface area (TPSA) is 78.6 Å². The number of nitrogens with two attached hydrogens (primary N) is 1.